The van der Waals surface area contributed by atoms with E-state index >= 15 is 0 Å². The zero-order chi connectivity index (χ0) is 21.3. The van der Waals surface area contributed by atoms with Crippen molar-refractivity contribution in [1.82, 2.24) is 4.40 Å². The Morgan fingerprint density at radius 3 is 2.62 bits per heavy atom. The summed E-state index contributed by atoms with van der Waals surface area (Å²) in [5.74, 6) is -0.771. The number of carbonyl (C=O) groups excluding carboxylic acids is 1. The molecule has 1 aromatic carbocycles. The molecule has 154 valence electrons. The number of rotatable bonds is 6. The maximum Gasteiger partial charge on any atom is 0.310 e. The number of aromatic nitrogens is 1. The molecule has 2 heterocycles. The molecule has 0 aliphatic heterocycles. The first kappa shape index (κ1) is 21.7. The van der Waals surface area contributed by atoms with Crippen LogP contribution in [0.1, 0.15) is 18.1 Å². The lowest BCUT2D eigenvalue weighted by Crippen LogP contribution is -2.08. The number of hydrogen-bond donors (Lipinski definition) is 0. The van der Waals surface area contributed by atoms with Crippen LogP contribution in [-0.4, -0.2) is 31.7 Å². The molecular weight excluding hydrogens is 437 g/mol. The molecule has 0 radical (unpaired) electrons. The largest absolute Gasteiger partial charge is 0.466 e. The number of carbonyl (C=O) groups is 1. The summed E-state index contributed by atoms with van der Waals surface area (Å²) in [7, 11) is -3.43. The van der Waals surface area contributed by atoms with E-state index in [1.54, 1.807) is 29.5 Å². The Bertz CT molecular complexity index is 1200. The molecule has 0 bridgehead atoms. The predicted molar refractivity (Wildman–Crippen MR) is 111 cm³/mol. The van der Waals surface area contributed by atoms with Gasteiger partial charge in [-0.05, 0) is 55.3 Å². The minimum Gasteiger partial charge on any atom is -0.466 e. The number of nitrogens with zero attached hydrogens (tertiary/aromatic N) is 1. The topological polar surface area (TPSA) is 64.9 Å². The van der Waals surface area contributed by atoms with Crippen molar-refractivity contribution in [2.75, 3.05) is 12.9 Å². The van der Waals surface area contributed by atoms with Crippen LogP contribution in [0.5, 0.6) is 0 Å². The number of esters is 1. The maximum absolute atomic E-state index is 13.9. The molecule has 29 heavy (non-hydrogen) atoms. The number of fused-ring (bicyclic) bond motifs is 1. The molecule has 3 aromatic rings. The number of sulfone groups is 1. The summed E-state index contributed by atoms with van der Waals surface area (Å²) in [4.78, 5) is 12.8. The molecule has 9 heteroatoms. The third-order valence-corrected chi connectivity index (χ3v) is 7.12. The highest BCUT2D eigenvalue weighted by atomic mass is 35.5. The van der Waals surface area contributed by atoms with Crippen molar-refractivity contribution in [3.8, 4) is 0 Å². The molecule has 2 aromatic heterocycles. The highest BCUT2D eigenvalue weighted by Gasteiger charge is 2.20. The van der Waals surface area contributed by atoms with Gasteiger partial charge in [0.15, 0.2) is 9.84 Å². The predicted octanol–water partition coefficient (Wildman–Crippen LogP) is 4.70. The van der Waals surface area contributed by atoms with E-state index in [4.69, 9.17) is 16.3 Å². The molecule has 0 aliphatic carbocycles. The highest BCUT2D eigenvalue weighted by molar-refractivity contribution is 7.99. The lowest BCUT2D eigenvalue weighted by molar-refractivity contribution is -0.142. The van der Waals surface area contributed by atoms with Crippen molar-refractivity contribution in [3.63, 3.8) is 0 Å². The molecule has 0 spiro atoms. The van der Waals surface area contributed by atoms with E-state index in [0.717, 1.165) is 17.4 Å². The van der Waals surface area contributed by atoms with Gasteiger partial charge in [-0.2, -0.15) is 0 Å². The zero-order valence-corrected chi connectivity index (χ0v) is 18.4. The van der Waals surface area contributed by atoms with E-state index in [0.29, 0.717) is 15.4 Å². The summed E-state index contributed by atoms with van der Waals surface area (Å²) in [6.45, 7) is 3.88. The average Bonchev–Trinajstić information content (AvgIpc) is 2.86. The van der Waals surface area contributed by atoms with Gasteiger partial charge in [-0.25, -0.2) is 12.8 Å². The minimum atomic E-state index is -3.43. The van der Waals surface area contributed by atoms with E-state index in [1.165, 1.54) is 30.1 Å². The Morgan fingerprint density at radius 2 is 2.00 bits per heavy atom. The molecule has 0 saturated heterocycles. The Labute approximate surface area is 177 Å². The third-order valence-electron chi connectivity index (χ3n) is 4.36. The Morgan fingerprint density at radius 1 is 1.28 bits per heavy atom. The van der Waals surface area contributed by atoms with Crippen LogP contribution in [0, 0.1) is 12.7 Å². The number of ether oxygens (including phenoxy) is 1. The van der Waals surface area contributed by atoms with E-state index < -0.39 is 15.7 Å². The summed E-state index contributed by atoms with van der Waals surface area (Å²) in [5.41, 5.74) is 2.28. The van der Waals surface area contributed by atoms with E-state index in [1.807, 2.05) is 6.92 Å². The van der Waals surface area contributed by atoms with Gasteiger partial charge in [0.1, 0.15) is 5.82 Å². The van der Waals surface area contributed by atoms with Crippen LogP contribution in [-0.2, 0) is 25.8 Å². The smallest absolute Gasteiger partial charge is 0.310 e. The SMILES string of the molecule is CCOC(=O)Cc1c(C)c(Sc2ccc(S(C)(=O)=O)c(Cl)c2)n2cc(F)ccc12. The highest BCUT2D eigenvalue weighted by Crippen LogP contribution is 2.38. The van der Waals surface area contributed by atoms with Crippen molar-refractivity contribution in [2.45, 2.75) is 35.1 Å². The Balaban J connectivity index is 2.07. The Kier molecular flexibility index (Phi) is 6.26. The summed E-state index contributed by atoms with van der Waals surface area (Å²) in [5, 5.41) is 0.830. The first-order chi connectivity index (χ1) is 13.6. The third kappa shape index (κ3) is 4.60. The van der Waals surface area contributed by atoms with Gasteiger partial charge in [-0.1, -0.05) is 23.4 Å². The fourth-order valence-electron chi connectivity index (χ4n) is 3.05. The van der Waals surface area contributed by atoms with Gasteiger partial charge in [-0.15, -0.1) is 0 Å². The number of halogens is 2. The molecule has 0 unspecified atom stereocenters. The van der Waals surface area contributed by atoms with E-state index in [-0.39, 0.29) is 28.9 Å². The Hall–Kier alpha value is -2.03. The van der Waals surface area contributed by atoms with Gasteiger partial charge in [0.25, 0.3) is 0 Å². The van der Waals surface area contributed by atoms with Gasteiger partial charge in [-0.3, -0.25) is 4.79 Å². The molecular formula is C20H19ClFNO4S2. The van der Waals surface area contributed by atoms with Crippen LogP contribution in [0.3, 0.4) is 0 Å². The van der Waals surface area contributed by atoms with Crippen LogP contribution in [0.15, 0.2) is 51.3 Å². The number of pyridine rings is 1. The lowest BCUT2D eigenvalue weighted by Gasteiger charge is -2.07. The van der Waals surface area contributed by atoms with Crippen LogP contribution >= 0.6 is 23.4 Å². The molecule has 0 amide bonds. The van der Waals surface area contributed by atoms with Crippen LogP contribution in [0.2, 0.25) is 5.02 Å². The van der Waals surface area contributed by atoms with Crippen molar-refractivity contribution in [3.05, 3.63) is 58.5 Å². The van der Waals surface area contributed by atoms with Gasteiger partial charge in [0, 0.05) is 17.3 Å². The first-order valence-corrected chi connectivity index (χ1v) is 11.8. The van der Waals surface area contributed by atoms with E-state index in [9.17, 15) is 17.6 Å². The van der Waals surface area contributed by atoms with Crippen LogP contribution in [0.4, 0.5) is 4.39 Å². The zero-order valence-electron chi connectivity index (χ0n) is 16.0. The van der Waals surface area contributed by atoms with Crippen LogP contribution < -0.4 is 0 Å². The van der Waals surface area contributed by atoms with Gasteiger partial charge in [0.05, 0.1) is 33.5 Å². The molecule has 0 saturated carbocycles. The molecule has 3 rings (SSSR count). The van der Waals surface area contributed by atoms with Crippen LogP contribution in [0.25, 0.3) is 5.52 Å². The summed E-state index contributed by atoms with van der Waals surface area (Å²) >= 11 is 7.46. The second-order valence-corrected chi connectivity index (χ2v) is 9.91. The second kappa shape index (κ2) is 8.38. The fourth-order valence-corrected chi connectivity index (χ4v) is 5.51. The number of benzene rings is 1. The lowest BCUT2D eigenvalue weighted by atomic mass is 10.1. The van der Waals surface area contributed by atoms with Gasteiger partial charge in [0.2, 0.25) is 0 Å². The maximum atomic E-state index is 13.9. The molecule has 0 N–H and O–H groups in total. The average molecular weight is 456 g/mol. The molecule has 0 fully saturated rings. The minimum absolute atomic E-state index is 0.0503. The fraction of sp³-hybridized carbons (Fsp3) is 0.250. The van der Waals surface area contributed by atoms with Crippen molar-refractivity contribution in [1.29, 1.82) is 0 Å². The standard InChI is InChI=1S/C20H19ClFNO4S2/c1-4-27-19(24)10-15-12(2)20(23-11-13(22)5-7-17(15)23)28-14-6-8-18(16(21)9-14)29(3,25)26/h5-9,11H,4,10H2,1-3H3. The monoisotopic (exact) mass is 455 g/mol. The molecule has 5 nitrogen and oxygen atoms in total. The first-order valence-electron chi connectivity index (χ1n) is 8.74. The van der Waals surface area contributed by atoms with Gasteiger partial charge >= 0.3 is 5.97 Å². The molecule has 0 aliphatic rings. The quantitative estimate of drug-likeness (QED) is 0.504. The molecule has 0 atom stereocenters. The second-order valence-electron chi connectivity index (χ2n) is 6.46. The summed E-state index contributed by atoms with van der Waals surface area (Å²) in [6.07, 6.45) is 2.52. The summed E-state index contributed by atoms with van der Waals surface area (Å²) < 4.78 is 44.2. The summed E-state index contributed by atoms with van der Waals surface area (Å²) in [6, 6.07) is 7.63. The van der Waals surface area contributed by atoms with E-state index in [2.05, 4.69) is 0 Å². The van der Waals surface area contributed by atoms with Crippen molar-refractivity contribution < 1.29 is 22.3 Å². The van der Waals surface area contributed by atoms with Crippen molar-refractivity contribution in [2.24, 2.45) is 0 Å². The van der Waals surface area contributed by atoms with Crippen molar-refractivity contribution >= 4 is 44.7 Å². The normalized spacial score (nSPS) is 11.8. The number of hydrogen-bond acceptors (Lipinski definition) is 5. The van der Waals surface area contributed by atoms with Gasteiger partial charge < -0.3 is 9.14 Å².